The predicted molar refractivity (Wildman–Crippen MR) is 100 cm³/mol. The van der Waals surface area contributed by atoms with Gasteiger partial charge in [-0.2, -0.15) is 17.7 Å². The second-order valence-electron chi connectivity index (χ2n) is 6.55. The molecule has 3 aromatic rings. The van der Waals surface area contributed by atoms with Crippen LogP contribution in [0.2, 0.25) is 5.02 Å². The summed E-state index contributed by atoms with van der Waals surface area (Å²) in [6.07, 6.45) is -2.43. The molecule has 0 bridgehead atoms. The molecule has 12 heteroatoms. The summed E-state index contributed by atoms with van der Waals surface area (Å²) in [6, 6.07) is 6.07. The van der Waals surface area contributed by atoms with Crippen LogP contribution in [0.1, 0.15) is 12.0 Å². The smallest absolute Gasteiger partial charge is 0.353 e. The number of alkyl halides is 3. The van der Waals surface area contributed by atoms with Gasteiger partial charge in [0.25, 0.3) is 0 Å². The lowest BCUT2D eigenvalue weighted by atomic mass is 10.2. The van der Waals surface area contributed by atoms with Crippen molar-refractivity contribution in [3.8, 4) is 0 Å². The molecule has 1 aliphatic rings. The van der Waals surface area contributed by atoms with Crippen LogP contribution in [0.25, 0.3) is 5.65 Å². The molecule has 3 heterocycles. The topological polar surface area (TPSA) is 87.5 Å². The first-order valence-corrected chi connectivity index (χ1v) is 9.04. The van der Waals surface area contributed by atoms with E-state index in [1.807, 2.05) is 11.0 Å². The molecule has 1 atom stereocenters. The van der Waals surface area contributed by atoms with Gasteiger partial charge in [0.2, 0.25) is 0 Å². The number of aromatic nitrogens is 4. The van der Waals surface area contributed by atoms with Crippen LogP contribution in [0.15, 0.2) is 36.7 Å². The zero-order valence-corrected chi connectivity index (χ0v) is 15.6. The number of hydrogen-bond donors (Lipinski definition) is 2. The van der Waals surface area contributed by atoms with Gasteiger partial charge >= 0.3 is 12.2 Å². The summed E-state index contributed by atoms with van der Waals surface area (Å²) < 4.78 is 40.4. The van der Waals surface area contributed by atoms with E-state index in [4.69, 9.17) is 11.6 Å². The number of rotatable bonds is 3. The Kier molecular flexibility index (Phi) is 4.91. The van der Waals surface area contributed by atoms with Crippen LogP contribution >= 0.6 is 11.6 Å². The number of amides is 2. The molecule has 2 N–H and O–H groups in total. The number of benzene rings is 1. The third kappa shape index (κ3) is 4.19. The van der Waals surface area contributed by atoms with Crippen molar-refractivity contribution in [3.63, 3.8) is 0 Å². The average molecular weight is 426 g/mol. The minimum Gasteiger partial charge on any atom is -0.353 e. The predicted octanol–water partition coefficient (Wildman–Crippen LogP) is 3.20. The maximum atomic E-state index is 12.9. The van der Waals surface area contributed by atoms with Crippen molar-refractivity contribution in [3.05, 3.63) is 47.2 Å². The maximum Gasteiger partial charge on any atom is 0.417 e. The summed E-state index contributed by atoms with van der Waals surface area (Å²) in [6.45, 7) is 1.19. The van der Waals surface area contributed by atoms with E-state index in [9.17, 15) is 18.0 Å². The zero-order chi connectivity index (χ0) is 20.6. The standard InChI is InChI=1S/C17H15ClF3N7O/c18-13-2-1-10(7-12(13)17(19,20)21)23-16(29)24-11-5-6-27(8-11)15-4-3-14-25-22-9-28(14)26-15/h1-4,7,9,11H,5-6,8H2,(H2,23,24,29)/t11-/m0/s1. The van der Waals surface area contributed by atoms with Gasteiger partial charge in [-0.15, -0.1) is 15.3 Å². The molecule has 1 aliphatic heterocycles. The summed E-state index contributed by atoms with van der Waals surface area (Å²) >= 11 is 5.59. The van der Waals surface area contributed by atoms with Crippen molar-refractivity contribution in [2.45, 2.75) is 18.6 Å². The van der Waals surface area contributed by atoms with Crippen LogP contribution in [0.5, 0.6) is 0 Å². The van der Waals surface area contributed by atoms with Crippen molar-refractivity contribution in [1.82, 2.24) is 25.1 Å². The van der Waals surface area contributed by atoms with E-state index in [1.165, 1.54) is 12.4 Å². The summed E-state index contributed by atoms with van der Waals surface area (Å²) in [5.74, 6) is 0.717. The highest BCUT2D eigenvalue weighted by Crippen LogP contribution is 2.36. The number of carbonyl (C=O) groups is 1. The highest BCUT2D eigenvalue weighted by Gasteiger charge is 2.33. The molecular weight excluding hydrogens is 411 g/mol. The zero-order valence-electron chi connectivity index (χ0n) is 14.8. The lowest BCUT2D eigenvalue weighted by Crippen LogP contribution is -2.39. The van der Waals surface area contributed by atoms with Crippen molar-refractivity contribution in [1.29, 1.82) is 0 Å². The largest absolute Gasteiger partial charge is 0.417 e. The van der Waals surface area contributed by atoms with Crippen LogP contribution in [-0.4, -0.2) is 45.0 Å². The molecule has 4 rings (SSSR count). The van der Waals surface area contributed by atoms with E-state index in [-0.39, 0.29) is 11.7 Å². The average Bonchev–Trinajstić information content (AvgIpc) is 3.30. The molecule has 0 radical (unpaired) electrons. The van der Waals surface area contributed by atoms with Gasteiger partial charge in [0, 0.05) is 24.8 Å². The van der Waals surface area contributed by atoms with E-state index >= 15 is 0 Å². The van der Waals surface area contributed by atoms with Gasteiger partial charge in [0.15, 0.2) is 5.65 Å². The fraction of sp³-hybridized carbons (Fsp3) is 0.294. The van der Waals surface area contributed by atoms with Gasteiger partial charge in [-0.25, -0.2) is 4.79 Å². The third-order valence-corrected chi connectivity index (χ3v) is 4.85. The molecule has 1 aromatic carbocycles. The second-order valence-corrected chi connectivity index (χ2v) is 6.95. The molecule has 1 fully saturated rings. The lowest BCUT2D eigenvalue weighted by Gasteiger charge is -2.18. The highest BCUT2D eigenvalue weighted by molar-refractivity contribution is 6.31. The van der Waals surface area contributed by atoms with Gasteiger partial charge in [-0.3, -0.25) is 0 Å². The Hall–Kier alpha value is -3.08. The number of carbonyl (C=O) groups excluding carboxylic acids is 1. The molecule has 2 aromatic heterocycles. The molecule has 0 aliphatic carbocycles. The Bertz CT molecular complexity index is 1050. The van der Waals surface area contributed by atoms with E-state index < -0.39 is 22.8 Å². The fourth-order valence-corrected chi connectivity index (χ4v) is 3.37. The SMILES string of the molecule is O=C(Nc1ccc(Cl)c(C(F)(F)F)c1)N[C@H]1CCN(c2ccc3nncn3n2)C1. The fourth-order valence-electron chi connectivity index (χ4n) is 3.15. The molecule has 8 nitrogen and oxygen atoms in total. The summed E-state index contributed by atoms with van der Waals surface area (Å²) in [4.78, 5) is 14.2. The minimum atomic E-state index is -4.60. The molecule has 0 spiro atoms. The van der Waals surface area contributed by atoms with Crippen molar-refractivity contribution < 1.29 is 18.0 Å². The van der Waals surface area contributed by atoms with Crippen LogP contribution in [0.3, 0.4) is 0 Å². The minimum absolute atomic E-state index is 0.00815. The van der Waals surface area contributed by atoms with Crippen LogP contribution < -0.4 is 15.5 Å². The summed E-state index contributed by atoms with van der Waals surface area (Å²) in [5.41, 5.74) is -0.364. The highest BCUT2D eigenvalue weighted by atomic mass is 35.5. The van der Waals surface area contributed by atoms with Crippen molar-refractivity contribution in [2.24, 2.45) is 0 Å². The monoisotopic (exact) mass is 425 g/mol. The van der Waals surface area contributed by atoms with Gasteiger partial charge in [-0.05, 0) is 36.8 Å². The molecule has 2 amide bonds. The number of anilines is 2. The van der Waals surface area contributed by atoms with E-state index in [0.29, 0.717) is 25.2 Å². The Morgan fingerprint density at radius 3 is 2.86 bits per heavy atom. The van der Waals surface area contributed by atoms with Crippen molar-refractivity contribution in [2.75, 3.05) is 23.3 Å². The number of nitrogens with one attached hydrogen (secondary N) is 2. The number of urea groups is 1. The van der Waals surface area contributed by atoms with Crippen LogP contribution in [-0.2, 0) is 6.18 Å². The van der Waals surface area contributed by atoms with E-state index in [2.05, 4.69) is 25.9 Å². The molecule has 1 saturated heterocycles. The first kappa shape index (κ1) is 19.2. The van der Waals surface area contributed by atoms with Gasteiger partial charge in [-0.1, -0.05) is 11.6 Å². The third-order valence-electron chi connectivity index (χ3n) is 4.52. The van der Waals surface area contributed by atoms with Crippen LogP contribution in [0, 0.1) is 0 Å². The molecule has 29 heavy (non-hydrogen) atoms. The quantitative estimate of drug-likeness (QED) is 0.673. The Labute approximate surface area is 167 Å². The summed E-state index contributed by atoms with van der Waals surface area (Å²) in [5, 5.41) is 16.8. The first-order chi connectivity index (χ1) is 13.8. The number of halogens is 4. The van der Waals surface area contributed by atoms with Gasteiger partial charge < -0.3 is 15.5 Å². The Morgan fingerprint density at radius 1 is 1.24 bits per heavy atom. The van der Waals surface area contributed by atoms with E-state index in [1.54, 1.807) is 10.6 Å². The molecule has 0 saturated carbocycles. The van der Waals surface area contributed by atoms with Crippen LogP contribution in [0.4, 0.5) is 29.5 Å². The molecule has 0 unspecified atom stereocenters. The lowest BCUT2D eigenvalue weighted by molar-refractivity contribution is -0.137. The van der Waals surface area contributed by atoms with Gasteiger partial charge in [0.05, 0.1) is 10.6 Å². The van der Waals surface area contributed by atoms with Crippen molar-refractivity contribution >= 4 is 34.8 Å². The first-order valence-electron chi connectivity index (χ1n) is 8.66. The Balaban J connectivity index is 1.37. The maximum absolute atomic E-state index is 12.9. The van der Waals surface area contributed by atoms with E-state index in [0.717, 1.165) is 18.0 Å². The number of hydrogen-bond acceptors (Lipinski definition) is 5. The molecular formula is C17H15ClF3N7O. The molecule has 152 valence electrons. The Morgan fingerprint density at radius 2 is 2.07 bits per heavy atom. The summed E-state index contributed by atoms with van der Waals surface area (Å²) in [7, 11) is 0. The normalized spacial score (nSPS) is 17.0. The van der Waals surface area contributed by atoms with Gasteiger partial charge in [0.1, 0.15) is 12.1 Å². The second kappa shape index (κ2) is 7.39. The number of fused-ring (bicyclic) bond motifs is 1. The number of nitrogens with zero attached hydrogens (tertiary/aromatic N) is 5.